The van der Waals surface area contributed by atoms with Gasteiger partial charge in [-0.15, -0.1) is 11.8 Å². The number of carbonyl (C=O) groups is 2. The number of nitrogens with one attached hydrogen (secondary N) is 2. The van der Waals surface area contributed by atoms with Gasteiger partial charge in [-0.2, -0.15) is 13.2 Å². The molecule has 0 aliphatic heterocycles. The number of hydrogen-bond donors (Lipinski definition) is 2. The molecule has 3 aromatic rings. The van der Waals surface area contributed by atoms with E-state index < -0.39 is 28.8 Å². The molecule has 0 aliphatic carbocycles. The highest BCUT2D eigenvalue weighted by Crippen LogP contribution is 2.37. The van der Waals surface area contributed by atoms with Gasteiger partial charge in [-0.25, -0.2) is 0 Å². The minimum absolute atomic E-state index is 0.0769. The number of amides is 2. The van der Waals surface area contributed by atoms with Gasteiger partial charge in [0.25, 0.3) is 5.91 Å². The molecule has 3 rings (SSSR count). The minimum atomic E-state index is -4.65. The number of benzene rings is 2. The van der Waals surface area contributed by atoms with Gasteiger partial charge >= 0.3 is 6.18 Å². The molecular formula is C21H16ClF3N2O3S. The van der Waals surface area contributed by atoms with Crippen molar-refractivity contribution in [2.45, 2.75) is 23.2 Å². The lowest BCUT2D eigenvalue weighted by molar-refractivity contribution is -0.137. The van der Waals surface area contributed by atoms with Gasteiger partial charge in [-0.3, -0.25) is 9.59 Å². The molecule has 1 unspecified atom stereocenters. The highest BCUT2D eigenvalue weighted by atomic mass is 35.5. The summed E-state index contributed by atoms with van der Waals surface area (Å²) in [5.74, 6) is -0.821. The van der Waals surface area contributed by atoms with Crippen molar-refractivity contribution in [1.82, 2.24) is 0 Å². The molecule has 10 heteroatoms. The number of hydrogen-bond acceptors (Lipinski definition) is 4. The number of anilines is 2. The van der Waals surface area contributed by atoms with E-state index in [9.17, 15) is 22.8 Å². The number of furan rings is 1. The SMILES string of the molecule is CC(Sc1ccc(NC(=O)c2ccco2)cc1)C(=O)Nc1ccc(Cl)cc1C(F)(F)F. The summed E-state index contributed by atoms with van der Waals surface area (Å²) in [6, 6.07) is 13.0. The molecule has 0 spiro atoms. The van der Waals surface area contributed by atoms with Crippen molar-refractivity contribution in [1.29, 1.82) is 0 Å². The van der Waals surface area contributed by atoms with Crippen LogP contribution in [0.15, 0.2) is 70.2 Å². The number of rotatable bonds is 6. The van der Waals surface area contributed by atoms with Gasteiger partial charge in [0.2, 0.25) is 5.91 Å². The van der Waals surface area contributed by atoms with Gasteiger partial charge in [0, 0.05) is 15.6 Å². The molecule has 1 heterocycles. The normalized spacial score (nSPS) is 12.3. The van der Waals surface area contributed by atoms with Gasteiger partial charge in [0.05, 0.1) is 22.8 Å². The van der Waals surface area contributed by atoms with Gasteiger partial charge in [0.15, 0.2) is 5.76 Å². The maximum atomic E-state index is 13.2. The van der Waals surface area contributed by atoms with Crippen LogP contribution in [0, 0.1) is 0 Å². The second-order valence-corrected chi connectivity index (χ2v) is 8.24. The van der Waals surface area contributed by atoms with E-state index in [0.717, 1.165) is 23.9 Å². The van der Waals surface area contributed by atoms with E-state index in [4.69, 9.17) is 16.0 Å². The fourth-order valence-corrected chi connectivity index (χ4v) is 3.61. The second kappa shape index (κ2) is 9.49. The molecule has 1 aromatic heterocycles. The number of halogens is 4. The smallest absolute Gasteiger partial charge is 0.418 e. The highest BCUT2D eigenvalue weighted by Gasteiger charge is 2.34. The quantitative estimate of drug-likeness (QED) is 0.415. The Morgan fingerprint density at radius 1 is 1.06 bits per heavy atom. The zero-order valence-electron chi connectivity index (χ0n) is 16.0. The predicted octanol–water partition coefficient (Wildman–Crippen LogP) is 6.32. The lowest BCUT2D eigenvalue weighted by Gasteiger charge is -2.16. The summed E-state index contributed by atoms with van der Waals surface area (Å²) in [6.45, 7) is 1.58. The Bertz CT molecular complexity index is 1070. The first-order valence-electron chi connectivity index (χ1n) is 8.92. The largest absolute Gasteiger partial charge is 0.459 e. The molecule has 0 saturated heterocycles. The van der Waals surface area contributed by atoms with Crippen molar-refractivity contribution in [2.24, 2.45) is 0 Å². The Morgan fingerprint density at radius 3 is 2.39 bits per heavy atom. The molecule has 2 N–H and O–H groups in total. The summed E-state index contributed by atoms with van der Waals surface area (Å²) in [5, 5.41) is 4.22. The topological polar surface area (TPSA) is 71.3 Å². The first kappa shape index (κ1) is 22.8. The van der Waals surface area contributed by atoms with Crippen molar-refractivity contribution in [3.8, 4) is 0 Å². The van der Waals surface area contributed by atoms with Gasteiger partial charge in [0.1, 0.15) is 0 Å². The van der Waals surface area contributed by atoms with E-state index in [1.807, 2.05) is 0 Å². The van der Waals surface area contributed by atoms with Crippen LogP contribution in [-0.2, 0) is 11.0 Å². The van der Waals surface area contributed by atoms with E-state index in [2.05, 4.69) is 10.6 Å². The molecule has 0 radical (unpaired) electrons. The fourth-order valence-electron chi connectivity index (χ4n) is 2.57. The first-order valence-corrected chi connectivity index (χ1v) is 10.2. The Kier molecular flexibility index (Phi) is 6.97. The zero-order chi connectivity index (χ0) is 22.6. The number of thioether (sulfide) groups is 1. The maximum Gasteiger partial charge on any atom is 0.418 e. The van der Waals surface area contributed by atoms with Crippen molar-refractivity contribution in [3.63, 3.8) is 0 Å². The number of alkyl halides is 3. The summed E-state index contributed by atoms with van der Waals surface area (Å²) in [5.41, 5.74) is -0.841. The molecule has 0 saturated carbocycles. The fraction of sp³-hybridized carbons (Fsp3) is 0.143. The van der Waals surface area contributed by atoms with E-state index in [1.165, 1.54) is 18.4 Å². The summed E-state index contributed by atoms with van der Waals surface area (Å²) < 4.78 is 44.6. The number of carbonyl (C=O) groups excluding carboxylic acids is 2. The van der Waals surface area contributed by atoms with Crippen LogP contribution in [0.4, 0.5) is 24.5 Å². The lowest BCUT2D eigenvalue weighted by atomic mass is 10.1. The summed E-state index contributed by atoms with van der Waals surface area (Å²) in [4.78, 5) is 25.1. The van der Waals surface area contributed by atoms with Gasteiger partial charge in [-0.05, 0) is 61.5 Å². The maximum absolute atomic E-state index is 13.2. The van der Waals surface area contributed by atoms with Crippen LogP contribution < -0.4 is 10.6 Å². The standard InChI is InChI=1S/C21H16ClF3N2O3S/c1-12(19(28)27-17-9-4-13(22)11-16(17)21(23,24)25)31-15-7-5-14(6-8-15)26-20(29)18-3-2-10-30-18/h2-12H,1H3,(H,26,29)(H,27,28). The molecule has 31 heavy (non-hydrogen) atoms. The lowest BCUT2D eigenvalue weighted by Crippen LogP contribution is -2.24. The Morgan fingerprint density at radius 2 is 1.77 bits per heavy atom. The third-order valence-electron chi connectivity index (χ3n) is 4.08. The van der Waals surface area contributed by atoms with Crippen LogP contribution in [0.3, 0.4) is 0 Å². The van der Waals surface area contributed by atoms with Crippen LogP contribution in [0.5, 0.6) is 0 Å². The highest BCUT2D eigenvalue weighted by molar-refractivity contribution is 8.00. The third kappa shape index (κ3) is 6.05. The van der Waals surface area contributed by atoms with Crippen LogP contribution in [-0.4, -0.2) is 17.1 Å². The third-order valence-corrected chi connectivity index (χ3v) is 5.43. The molecule has 5 nitrogen and oxygen atoms in total. The van der Waals surface area contributed by atoms with Crippen LogP contribution >= 0.6 is 23.4 Å². The Hall–Kier alpha value is -2.91. The summed E-state index contributed by atoms with van der Waals surface area (Å²) in [6.07, 6.45) is -3.26. The monoisotopic (exact) mass is 468 g/mol. The van der Waals surface area contributed by atoms with Crippen molar-refractivity contribution in [3.05, 3.63) is 77.2 Å². The van der Waals surface area contributed by atoms with Crippen molar-refractivity contribution >= 4 is 46.6 Å². The van der Waals surface area contributed by atoms with Crippen LogP contribution in [0.25, 0.3) is 0 Å². The Balaban J connectivity index is 1.62. The molecule has 0 aliphatic rings. The average Bonchev–Trinajstić information content (AvgIpc) is 3.25. The molecule has 0 bridgehead atoms. The van der Waals surface area contributed by atoms with Gasteiger partial charge < -0.3 is 15.1 Å². The minimum Gasteiger partial charge on any atom is -0.459 e. The van der Waals surface area contributed by atoms with E-state index in [-0.39, 0.29) is 16.5 Å². The molecule has 2 aromatic carbocycles. The molecule has 162 valence electrons. The van der Waals surface area contributed by atoms with Gasteiger partial charge in [-0.1, -0.05) is 11.6 Å². The van der Waals surface area contributed by atoms with Crippen molar-refractivity contribution < 1.29 is 27.2 Å². The zero-order valence-corrected chi connectivity index (χ0v) is 17.6. The molecule has 0 fully saturated rings. The summed E-state index contributed by atoms with van der Waals surface area (Å²) in [7, 11) is 0. The van der Waals surface area contributed by atoms with E-state index in [1.54, 1.807) is 37.3 Å². The van der Waals surface area contributed by atoms with Crippen molar-refractivity contribution in [2.75, 3.05) is 10.6 Å². The molecule has 2 amide bonds. The average molecular weight is 469 g/mol. The first-order chi connectivity index (χ1) is 14.6. The second-order valence-electron chi connectivity index (χ2n) is 6.39. The van der Waals surface area contributed by atoms with Crippen LogP contribution in [0.2, 0.25) is 5.02 Å². The molecule has 1 atom stereocenters. The van der Waals surface area contributed by atoms with E-state index in [0.29, 0.717) is 10.6 Å². The van der Waals surface area contributed by atoms with E-state index >= 15 is 0 Å². The van der Waals surface area contributed by atoms with Crippen LogP contribution in [0.1, 0.15) is 23.0 Å². The molecular weight excluding hydrogens is 453 g/mol. The predicted molar refractivity (Wildman–Crippen MR) is 114 cm³/mol. The Labute approximate surface area is 185 Å². The summed E-state index contributed by atoms with van der Waals surface area (Å²) >= 11 is 6.82.